The first kappa shape index (κ1) is 36.9. The molecule has 15 heteroatoms. The smallest absolute Gasteiger partial charge is 0.273 e. The van der Waals surface area contributed by atoms with E-state index < -0.39 is 9.85 Å². The third-order valence-corrected chi connectivity index (χ3v) is 7.34. The van der Waals surface area contributed by atoms with Crippen molar-refractivity contribution in [1.82, 2.24) is 0 Å². The predicted octanol–water partition coefficient (Wildman–Crippen LogP) is 10.4. The Balaban J connectivity index is 0.000000224. The molecule has 0 bridgehead atoms. The molecule has 0 aliphatic heterocycles. The van der Waals surface area contributed by atoms with Gasteiger partial charge in [-0.15, -0.1) is 20.5 Å². The van der Waals surface area contributed by atoms with E-state index in [2.05, 4.69) is 33.6 Å². The van der Waals surface area contributed by atoms with Crippen LogP contribution in [0.25, 0.3) is 33.7 Å². The van der Waals surface area contributed by atoms with Crippen molar-refractivity contribution >= 4 is 67.8 Å². The van der Waals surface area contributed by atoms with Crippen LogP contribution in [0.15, 0.2) is 131 Å². The van der Waals surface area contributed by atoms with Crippen molar-refractivity contribution < 1.29 is 47.6 Å². The zero-order valence-corrected chi connectivity index (χ0v) is 27.6. The number of hydrogen-bond donors (Lipinski definition) is 4. The Kier molecular flexibility index (Phi) is 11.5. The molecule has 0 aliphatic carbocycles. The Morgan fingerprint density at radius 2 is 0.922 bits per heavy atom. The van der Waals surface area contributed by atoms with Gasteiger partial charge in [0.1, 0.15) is 34.2 Å². The normalized spacial score (nSPS) is 10.8. The maximum Gasteiger partial charge on any atom is 0.273 e. The summed E-state index contributed by atoms with van der Waals surface area (Å²) in [5.41, 5.74) is 1.06. The van der Waals surface area contributed by atoms with Crippen LogP contribution in [0.5, 0.6) is 23.0 Å². The van der Waals surface area contributed by atoms with Gasteiger partial charge in [0.15, 0.2) is 11.5 Å². The van der Waals surface area contributed by atoms with E-state index in [9.17, 15) is 40.7 Å². The first-order chi connectivity index (χ1) is 24.0. The van der Waals surface area contributed by atoms with Gasteiger partial charge in [-0.3, -0.25) is 20.2 Å². The van der Waals surface area contributed by atoms with Gasteiger partial charge >= 0.3 is 0 Å². The van der Waals surface area contributed by atoms with Gasteiger partial charge < -0.3 is 20.4 Å². The monoisotopic (exact) mass is 722 g/mol. The van der Waals surface area contributed by atoms with Crippen molar-refractivity contribution in [2.24, 2.45) is 20.5 Å². The third kappa shape index (κ3) is 8.03. The van der Waals surface area contributed by atoms with E-state index in [1.54, 1.807) is 36.4 Å². The minimum atomic E-state index is -0.618. The maximum absolute atomic E-state index is 10.7. The second-order valence-electron chi connectivity index (χ2n) is 10.4. The fourth-order valence-corrected chi connectivity index (χ4v) is 4.82. The van der Waals surface area contributed by atoms with Crippen LogP contribution < -0.4 is 0 Å². The van der Waals surface area contributed by atoms with Gasteiger partial charge in [-0.25, -0.2) is 0 Å². The number of hydrogen-bond acceptors (Lipinski definition) is 12. The minimum absolute atomic E-state index is 0. The molecule has 51 heavy (non-hydrogen) atoms. The van der Waals surface area contributed by atoms with Crippen LogP contribution in [0.4, 0.5) is 34.1 Å². The molecule has 6 rings (SSSR count). The number of azo groups is 2. The number of phenolic OH excluding ortho intramolecular Hbond substituents is 4. The molecule has 0 saturated carbocycles. The van der Waals surface area contributed by atoms with E-state index in [1.807, 2.05) is 24.3 Å². The standard InChI is InChI=1S/2C18H13N3O4.Cr/c2*1-2-11-9-12-5-3-4-6-14(12)17(18(11)23)20-19-15-8-7-13(21(24)25)10-16(15)22;/h2*2-10,22-23H,1H2;. The predicted molar refractivity (Wildman–Crippen MR) is 189 cm³/mol. The van der Waals surface area contributed by atoms with Crippen LogP contribution in [0.1, 0.15) is 11.1 Å². The summed E-state index contributed by atoms with van der Waals surface area (Å²) in [5, 5.41) is 80.9. The Labute approximate surface area is 299 Å². The number of phenols is 4. The second-order valence-corrected chi connectivity index (χ2v) is 10.4. The maximum atomic E-state index is 10.7. The Bertz CT molecular complexity index is 2230. The molecule has 254 valence electrons. The van der Waals surface area contributed by atoms with Crippen molar-refractivity contribution in [3.63, 3.8) is 0 Å². The average Bonchev–Trinajstić information content (AvgIpc) is 3.11. The van der Waals surface area contributed by atoms with Crippen LogP contribution in [0.2, 0.25) is 0 Å². The molecule has 0 fully saturated rings. The molecule has 14 nitrogen and oxygen atoms in total. The zero-order chi connectivity index (χ0) is 35.9. The summed E-state index contributed by atoms with van der Waals surface area (Å²) in [7, 11) is 0. The molecule has 0 aliphatic rings. The van der Waals surface area contributed by atoms with E-state index >= 15 is 0 Å². The molecule has 0 atom stereocenters. The molecule has 0 spiro atoms. The van der Waals surface area contributed by atoms with Crippen molar-refractivity contribution in [1.29, 1.82) is 0 Å². The third-order valence-electron chi connectivity index (χ3n) is 7.34. The summed E-state index contributed by atoms with van der Waals surface area (Å²) in [5.74, 6) is -0.916. The summed E-state index contributed by atoms with van der Waals surface area (Å²) >= 11 is 0. The van der Waals surface area contributed by atoms with Crippen LogP contribution >= 0.6 is 0 Å². The molecule has 0 heterocycles. The van der Waals surface area contributed by atoms with Gasteiger partial charge in [0.2, 0.25) is 0 Å². The second kappa shape index (κ2) is 16.0. The molecule has 0 radical (unpaired) electrons. The van der Waals surface area contributed by atoms with Gasteiger partial charge in [-0.1, -0.05) is 73.8 Å². The van der Waals surface area contributed by atoms with Crippen molar-refractivity contribution in [2.45, 2.75) is 0 Å². The number of nitro benzene ring substituents is 2. The molecule has 0 unspecified atom stereocenters. The van der Waals surface area contributed by atoms with Crippen LogP contribution in [-0.4, -0.2) is 30.3 Å². The number of fused-ring (bicyclic) bond motifs is 2. The van der Waals surface area contributed by atoms with Crippen molar-refractivity contribution in [2.75, 3.05) is 0 Å². The summed E-state index contributed by atoms with van der Waals surface area (Å²) in [6.07, 6.45) is 3.01. The molecule has 0 amide bonds. The van der Waals surface area contributed by atoms with Crippen LogP contribution in [-0.2, 0) is 17.4 Å². The fraction of sp³-hybridized carbons (Fsp3) is 0. The van der Waals surface area contributed by atoms with Gasteiger partial charge in [0.05, 0.1) is 22.0 Å². The fourth-order valence-electron chi connectivity index (χ4n) is 4.82. The first-order valence-corrected chi connectivity index (χ1v) is 14.5. The minimum Gasteiger partial charge on any atom is -0.505 e. The first-order valence-electron chi connectivity index (χ1n) is 14.5. The molecule has 0 aromatic heterocycles. The number of benzene rings is 6. The molecular weight excluding hydrogens is 696 g/mol. The summed E-state index contributed by atoms with van der Waals surface area (Å²) in [6, 6.07) is 25.2. The Morgan fingerprint density at radius 3 is 1.25 bits per heavy atom. The number of rotatable bonds is 8. The topological polar surface area (TPSA) is 217 Å². The van der Waals surface area contributed by atoms with Crippen LogP contribution in [0.3, 0.4) is 0 Å². The number of non-ortho nitro benzene ring substituents is 2. The summed E-state index contributed by atoms with van der Waals surface area (Å²) in [6.45, 7) is 7.32. The van der Waals surface area contributed by atoms with Crippen molar-refractivity contribution in [3.05, 3.63) is 142 Å². The number of aromatic hydroxyl groups is 4. The average molecular weight is 723 g/mol. The molecule has 0 saturated heterocycles. The van der Waals surface area contributed by atoms with E-state index in [1.165, 1.54) is 36.4 Å². The van der Waals surface area contributed by atoms with Crippen LogP contribution in [0, 0.1) is 20.2 Å². The Morgan fingerprint density at radius 1 is 0.549 bits per heavy atom. The van der Waals surface area contributed by atoms with Gasteiger partial charge in [0, 0.05) is 51.4 Å². The summed E-state index contributed by atoms with van der Waals surface area (Å²) in [4.78, 5) is 20.2. The van der Waals surface area contributed by atoms with E-state index in [0.717, 1.165) is 22.9 Å². The van der Waals surface area contributed by atoms with Gasteiger partial charge in [-0.05, 0) is 35.0 Å². The van der Waals surface area contributed by atoms with E-state index in [0.29, 0.717) is 21.9 Å². The quantitative estimate of drug-likeness (QED) is 0.0671. The van der Waals surface area contributed by atoms with E-state index in [-0.39, 0.29) is 74.5 Å². The zero-order valence-electron chi connectivity index (χ0n) is 26.3. The largest absolute Gasteiger partial charge is 0.505 e. The van der Waals surface area contributed by atoms with Gasteiger partial charge in [-0.2, -0.15) is 0 Å². The molecular formula is C36H26CrN6O8. The Hall–Kier alpha value is -6.95. The SMILES string of the molecule is C=Cc1cc2ccccc2c(N=Nc2ccc([N+](=O)[O-])cc2O)c1O.C=Cc1cc2ccccc2c(N=Nc2ccc([N+](=O)[O-])cc2O)c1O.[Cr]. The number of nitro groups is 2. The molecule has 6 aromatic carbocycles. The molecule has 4 N–H and O–H groups in total. The van der Waals surface area contributed by atoms with Crippen molar-refractivity contribution in [3.8, 4) is 23.0 Å². The van der Waals surface area contributed by atoms with E-state index in [4.69, 9.17) is 0 Å². The number of nitrogens with zero attached hydrogens (tertiary/aromatic N) is 6. The van der Waals surface area contributed by atoms with Gasteiger partial charge in [0.25, 0.3) is 11.4 Å². The summed E-state index contributed by atoms with van der Waals surface area (Å²) < 4.78 is 0. The molecule has 6 aromatic rings.